The number of nitrogens with two attached hydrogens (primary N) is 2. The lowest BCUT2D eigenvalue weighted by molar-refractivity contribution is 0.0524. The number of nitrogen functional groups attached to an aromatic ring is 2. The van der Waals surface area contributed by atoms with E-state index in [2.05, 4.69) is 9.97 Å². The van der Waals surface area contributed by atoms with Crippen LogP contribution in [0.15, 0.2) is 47.5 Å². The lowest BCUT2D eigenvalue weighted by Crippen LogP contribution is -2.21. The van der Waals surface area contributed by atoms with Gasteiger partial charge in [-0.2, -0.15) is 4.98 Å². The number of halogens is 1. The number of ether oxygens (including phenoxy) is 3. The van der Waals surface area contributed by atoms with E-state index in [9.17, 15) is 14.0 Å². The van der Waals surface area contributed by atoms with Crippen LogP contribution in [-0.2, 0) is 11.2 Å². The van der Waals surface area contributed by atoms with Crippen molar-refractivity contribution in [1.29, 1.82) is 0 Å². The van der Waals surface area contributed by atoms with E-state index in [1.165, 1.54) is 6.20 Å². The number of pyridine rings is 1. The second-order valence-corrected chi connectivity index (χ2v) is 9.66. The quantitative estimate of drug-likeness (QED) is 0.228. The maximum Gasteiger partial charge on any atom is 0.343 e. The van der Waals surface area contributed by atoms with Gasteiger partial charge < -0.3 is 30.2 Å². The standard InChI is InChI=1S/C30H30FN5O5/c1-4-41-29(38)21-15-36(24-13-22(24)31)23-11-16(6-8-20(23)26(21)37)5-7-18-9-17(12-25(39-2)27(18)40-3)10-19-14-34-30(33)35-28(19)32/h5-9,11-12,14-15,22,24H,4,10,13H2,1-3H3,(H4,32,33,34,35). The van der Waals surface area contributed by atoms with Crippen LogP contribution in [0, 0.1) is 0 Å². The average molecular weight is 560 g/mol. The molecule has 2 heterocycles. The van der Waals surface area contributed by atoms with Crippen LogP contribution in [-0.4, -0.2) is 47.5 Å². The third-order valence-electron chi connectivity index (χ3n) is 6.93. The molecule has 0 amide bonds. The Hall–Kier alpha value is -4.93. The van der Waals surface area contributed by atoms with Gasteiger partial charge in [0.25, 0.3) is 0 Å². The molecule has 2 aromatic heterocycles. The number of esters is 1. The van der Waals surface area contributed by atoms with E-state index in [1.807, 2.05) is 24.3 Å². The van der Waals surface area contributed by atoms with Crippen molar-refractivity contribution in [3.8, 4) is 11.5 Å². The molecule has 10 nitrogen and oxygen atoms in total. The van der Waals surface area contributed by atoms with Gasteiger partial charge in [-0.1, -0.05) is 18.2 Å². The number of carbonyl (C=O) groups is 1. The summed E-state index contributed by atoms with van der Waals surface area (Å²) >= 11 is 0. The van der Waals surface area contributed by atoms with E-state index in [0.29, 0.717) is 46.6 Å². The summed E-state index contributed by atoms with van der Waals surface area (Å²) in [7, 11) is 3.11. The van der Waals surface area contributed by atoms with Crippen LogP contribution >= 0.6 is 0 Å². The molecule has 4 aromatic rings. The van der Waals surface area contributed by atoms with Gasteiger partial charge in [-0.25, -0.2) is 14.2 Å². The number of fused-ring (bicyclic) bond motifs is 1. The normalized spacial score (nSPS) is 16.2. The Morgan fingerprint density at radius 3 is 2.61 bits per heavy atom. The first kappa shape index (κ1) is 27.6. The summed E-state index contributed by atoms with van der Waals surface area (Å²) in [5.41, 5.74) is 14.7. The van der Waals surface area contributed by atoms with Crippen LogP contribution in [0.1, 0.15) is 52.0 Å². The summed E-state index contributed by atoms with van der Waals surface area (Å²) in [4.78, 5) is 33.6. The molecule has 1 aliphatic carbocycles. The highest BCUT2D eigenvalue weighted by Gasteiger charge is 2.40. The van der Waals surface area contributed by atoms with E-state index in [0.717, 1.165) is 16.7 Å². The lowest BCUT2D eigenvalue weighted by atomic mass is 10.0. The van der Waals surface area contributed by atoms with Crippen molar-refractivity contribution in [2.45, 2.75) is 32.0 Å². The van der Waals surface area contributed by atoms with Crippen LogP contribution in [0.4, 0.5) is 16.2 Å². The molecule has 0 spiro atoms. The molecule has 212 valence electrons. The third kappa shape index (κ3) is 5.56. The number of aromatic nitrogens is 3. The van der Waals surface area contributed by atoms with Crippen molar-refractivity contribution >= 4 is 40.8 Å². The number of nitrogens with zero attached hydrogens (tertiary/aromatic N) is 3. The Balaban J connectivity index is 1.55. The van der Waals surface area contributed by atoms with Gasteiger partial charge in [0.1, 0.15) is 17.6 Å². The fourth-order valence-corrected chi connectivity index (χ4v) is 4.79. The molecule has 2 atom stereocenters. The molecule has 0 aliphatic heterocycles. The number of methoxy groups -OCH3 is 2. The number of benzene rings is 2. The first-order valence-corrected chi connectivity index (χ1v) is 13.0. The van der Waals surface area contributed by atoms with Crippen LogP contribution in [0.25, 0.3) is 23.1 Å². The molecule has 1 fully saturated rings. The topological polar surface area (TPSA) is 145 Å². The van der Waals surface area contributed by atoms with Crippen LogP contribution in [0.2, 0.25) is 0 Å². The maximum atomic E-state index is 14.2. The van der Waals surface area contributed by atoms with Gasteiger partial charge in [-0.3, -0.25) is 4.79 Å². The molecule has 41 heavy (non-hydrogen) atoms. The Morgan fingerprint density at radius 1 is 1.17 bits per heavy atom. The molecule has 0 saturated heterocycles. The number of anilines is 2. The molecule has 2 unspecified atom stereocenters. The first-order chi connectivity index (χ1) is 19.7. The summed E-state index contributed by atoms with van der Waals surface area (Å²) in [6.07, 6.45) is 6.42. The fraction of sp³-hybridized carbons (Fsp3) is 0.267. The molecule has 1 saturated carbocycles. The van der Waals surface area contributed by atoms with E-state index < -0.39 is 23.6 Å². The molecule has 4 N–H and O–H groups in total. The zero-order chi connectivity index (χ0) is 29.3. The van der Waals surface area contributed by atoms with Crippen molar-refractivity contribution in [3.05, 3.63) is 80.8 Å². The van der Waals surface area contributed by atoms with Crippen LogP contribution < -0.4 is 26.4 Å². The second kappa shape index (κ2) is 11.3. The van der Waals surface area contributed by atoms with Crippen molar-refractivity contribution in [1.82, 2.24) is 14.5 Å². The van der Waals surface area contributed by atoms with Gasteiger partial charge in [-0.05, 0) is 42.3 Å². The highest BCUT2D eigenvalue weighted by atomic mass is 19.1. The lowest BCUT2D eigenvalue weighted by Gasteiger charge is -2.14. The Morgan fingerprint density at radius 2 is 1.95 bits per heavy atom. The molecular weight excluding hydrogens is 529 g/mol. The molecule has 1 aliphatic rings. The zero-order valence-electron chi connectivity index (χ0n) is 22.9. The van der Waals surface area contributed by atoms with Crippen molar-refractivity contribution in [2.24, 2.45) is 0 Å². The average Bonchev–Trinajstić information content (AvgIpc) is 3.69. The van der Waals surface area contributed by atoms with Gasteiger partial charge in [-0.15, -0.1) is 0 Å². The number of hydrogen-bond donors (Lipinski definition) is 2. The summed E-state index contributed by atoms with van der Waals surface area (Å²) in [5, 5.41) is 0.316. The van der Waals surface area contributed by atoms with E-state index in [4.69, 9.17) is 25.7 Å². The van der Waals surface area contributed by atoms with Crippen molar-refractivity contribution in [2.75, 3.05) is 32.3 Å². The summed E-state index contributed by atoms with van der Waals surface area (Å²) in [6.45, 7) is 1.79. The maximum absolute atomic E-state index is 14.2. The minimum Gasteiger partial charge on any atom is -0.493 e. The Bertz CT molecular complexity index is 1740. The van der Waals surface area contributed by atoms with Crippen molar-refractivity contribution < 1.29 is 23.4 Å². The highest BCUT2D eigenvalue weighted by Crippen LogP contribution is 2.41. The van der Waals surface area contributed by atoms with E-state index in [-0.39, 0.29) is 18.1 Å². The van der Waals surface area contributed by atoms with Gasteiger partial charge in [0.15, 0.2) is 11.5 Å². The molecule has 5 rings (SSSR count). The molecule has 0 radical (unpaired) electrons. The van der Waals surface area contributed by atoms with Gasteiger partial charge in [0.2, 0.25) is 11.4 Å². The molecule has 2 aromatic carbocycles. The van der Waals surface area contributed by atoms with Gasteiger partial charge in [0.05, 0.1) is 32.4 Å². The van der Waals surface area contributed by atoms with Crippen LogP contribution in [0.5, 0.6) is 11.5 Å². The van der Waals surface area contributed by atoms with E-state index in [1.54, 1.807) is 50.1 Å². The number of carbonyl (C=O) groups excluding carboxylic acids is 1. The number of alkyl halides is 1. The van der Waals surface area contributed by atoms with Gasteiger partial charge >= 0.3 is 5.97 Å². The molecule has 11 heteroatoms. The number of rotatable bonds is 9. The largest absolute Gasteiger partial charge is 0.493 e. The van der Waals surface area contributed by atoms with Gasteiger partial charge in [0, 0.05) is 41.7 Å². The summed E-state index contributed by atoms with van der Waals surface area (Å²) < 4.78 is 32.1. The minimum atomic E-state index is -1.05. The van der Waals surface area contributed by atoms with E-state index >= 15 is 0 Å². The predicted octanol–water partition coefficient (Wildman–Crippen LogP) is 4.19. The Labute approximate surface area is 235 Å². The monoisotopic (exact) mass is 559 g/mol. The number of hydrogen-bond acceptors (Lipinski definition) is 9. The van der Waals surface area contributed by atoms with Crippen molar-refractivity contribution in [3.63, 3.8) is 0 Å². The first-order valence-electron chi connectivity index (χ1n) is 13.0. The minimum absolute atomic E-state index is 0.101. The smallest absolute Gasteiger partial charge is 0.343 e. The fourth-order valence-electron chi connectivity index (χ4n) is 4.79. The zero-order valence-corrected chi connectivity index (χ0v) is 22.9. The Kier molecular flexibility index (Phi) is 7.60. The molecular formula is C30H30FN5O5. The summed E-state index contributed by atoms with van der Waals surface area (Å²) in [6, 6.07) is 8.55. The highest BCUT2D eigenvalue weighted by molar-refractivity contribution is 5.94. The third-order valence-corrected chi connectivity index (χ3v) is 6.93. The second-order valence-electron chi connectivity index (χ2n) is 9.66. The predicted molar refractivity (Wildman–Crippen MR) is 155 cm³/mol. The molecule has 0 bridgehead atoms. The van der Waals surface area contributed by atoms with Crippen LogP contribution in [0.3, 0.4) is 0 Å². The SMILES string of the molecule is CCOC(=O)c1cn(C2CC2F)c2cc(C=Cc3cc(Cc4cnc(N)nc4N)cc(OC)c3OC)ccc2c1=O. The summed E-state index contributed by atoms with van der Waals surface area (Å²) in [5.74, 6) is 0.735.